The molecule has 1 rings (SSSR count). The molecule has 0 aromatic heterocycles. The Labute approximate surface area is 126 Å². The smallest absolute Gasteiger partial charge is 0.240 e. The number of rotatable bonds is 7. The highest BCUT2D eigenvalue weighted by Gasteiger charge is 2.15. The minimum Gasteiger partial charge on any atom is -0.495 e. The molecule has 0 amide bonds. The van der Waals surface area contributed by atoms with Gasteiger partial charge in [-0.3, -0.25) is 0 Å². The molecule has 5 nitrogen and oxygen atoms in total. The number of ether oxygens (including phenoxy) is 1. The molecule has 116 valence electrons. The highest BCUT2D eigenvalue weighted by Crippen LogP contribution is 2.21. The molecule has 0 heterocycles. The van der Waals surface area contributed by atoms with E-state index in [4.69, 9.17) is 9.84 Å². The zero-order chi connectivity index (χ0) is 15.7. The van der Waals surface area contributed by atoms with E-state index in [1.807, 2.05) is 0 Å². The number of unbranched alkanes of at least 4 members (excludes halogenated alkanes) is 2. The van der Waals surface area contributed by atoms with Crippen molar-refractivity contribution in [2.45, 2.75) is 31.1 Å². The van der Waals surface area contributed by atoms with Crippen LogP contribution < -0.4 is 9.46 Å². The Kier molecular flexibility index (Phi) is 7.23. The topological polar surface area (TPSA) is 75.6 Å². The van der Waals surface area contributed by atoms with Crippen molar-refractivity contribution in [2.75, 3.05) is 20.3 Å². The number of sulfonamides is 1. The Morgan fingerprint density at radius 2 is 2.10 bits per heavy atom. The van der Waals surface area contributed by atoms with Crippen LogP contribution in [-0.2, 0) is 10.0 Å². The van der Waals surface area contributed by atoms with Gasteiger partial charge in [0.25, 0.3) is 0 Å². The average molecular weight is 311 g/mol. The maximum Gasteiger partial charge on any atom is 0.240 e. The van der Waals surface area contributed by atoms with E-state index in [0.29, 0.717) is 17.9 Å². The molecule has 6 heteroatoms. The minimum atomic E-state index is -3.55. The first-order valence-electron chi connectivity index (χ1n) is 6.82. The van der Waals surface area contributed by atoms with Gasteiger partial charge in [-0.1, -0.05) is 31.6 Å². The zero-order valence-electron chi connectivity index (χ0n) is 12.3. The van der Waals surface area contributed by atoms with Gasteiger partial charge in [0, 0.05) is 6.54 Å². The molecule has 0 radical (unpaired) electrons. The molecular formula is C15H21NO4S. The summed E-state index contributed by atoms with van der Waals surface area (Å²) >= 11 is 0. The fourth-order valence-corrected chi connectivity index (χ4v) is 2.85. The Balaban J connectivity index is 2.96. The molecular weight excluding hydrogens is 290 g/mol. The first-order chi connectivity index (χ1) is 10.0. The van der Waals surface area contributed by atoms with Gasteiger partial charge in [-0.25, -0.2) is 13.1 Å². The Morgan fingerprint density at radius 3 is 2.71 bits per heavy atom. The fraction of sp³-hybridized carbons (Fsp3) is 0.467. The minimum absolute atomic E-state index is 0.141. The molecule has 0 aliphatic heterocycles. The van der Waals surface area contributed by atoms with Crippen molar-refractivity contribution in [3.63, 3.8) is 0 Å². The van der Waals surface area contributed by atoms with E-state index in [2.05, 4.69) is 23.5 Å². The third kappa shape index (κ3) is 5.38. The van der Waals surface area contributed by atoms with Crippen LogP contribution in [0.15, 0.2) is 23.1 Å². The second kappa shape index (κ2) is 8.67. The van der Waals surface area contributed by atoms with Crippen molar-refractivity contribution >= 4 is 10.0 Å². The largest absolute Gasteiger partial charge is 0.495 e. The summed E-state index contributed by atoms with van der Waals surface area (Å²) in [4.78, 5) is 0.141. The quantitative estimate of drug-likeness (QED) is 0.591. The van der Waals surface area contributed by atoms with E-state index in [9.17, 15) is 8.42 Å². The van der Waals surface area contributed by atoms with Crippen molar-refractivity contribution < 1.29 is 18.3 Å². The molecule has 0 bridgehead atoms. The molecule has 0 fully saturated rings. The van der Waals surface area contributed by atoms with Gasteiger partial charge in [-0.15, -0.1) is 0 Å². The third-order valence-electron chi connectivity index (χ3n) is 2.86. The van der Waals surface area contributed by atoms with Crippen LogP contribution in [0, 0.1) is 11.8 Å². The molecule has 0 spiro atoms. The lowest BCUT2D eigenvalue weighted by Gasteiger charge is -2.09. The Morgan fingerprint density at radius 1 is 1.33 bits per heavy atom. The van der Waals surface area contributed by atoms with Crippen molar-refractivity contribution in [2.24, 2.45) is 0 Å². The highest BCUT2D eigenvalue weighted by molar-refractivity contribution is 7.89. The number of methoxy groups -OCH3 is 1. The molecule has 21 heavy (non-hydrogen) atoms. The van der Waals surface area contributed by atoms with Crippen LogP contribution >= 0.6 is 0 Å². The number of hydrogen-bond acceptors (Lipinski definition) is 4. The van der Waals surface area contributed by atoms with Gasteiger partial charge >= 0.3 is 0 Å². The highest BCUT2D eigenvalue weighted by atomic mass is 32.2. The standard InChI is InChI=1S/C15H21NO4S/c1-3-4-5-10-16-21(18,19)14-8-9-15(20-2)13(12-14)7-6-11-17/h8-9,12,16-17H,3-5,10-11H2,1-2H3. The second-order valence-corrected chi connectivity index (χ2v) is 6.19. The van der Waals surface area contributed by atoms with Gasteiger partial charge < -0.3 is 9.84 Å². The van der Waals surface area contributed by atoms with Crippen LogP contribution in [0.4, 0.5) is 0 Å². The number of nitrogens with one attached hydrogen (secondary N) is 1. The lowest BCUT2D eigenvalue weighted by Crippen LogP contribution is -2.24. The predicted molar refractivity (Wildman–Crippen MR) is 81.7 cm³/mol. The molecule has 0 atom stereocenters. The van der Waals surface area contributed by atoms with Crippen LogP contribution in [-0.4, -0.2) is 33.8 Å². The van der Waals surface area contributed by atoms with Crippen LogP contribution in [0.25, 0.3) is 0 Å². The van der Waals surface area contributed by atoms with Crippen LogP contribution in [0.1, 0.15) is 31.7 Å². The number of aliphatic hydroxyl groups is 1. The van der Waals surface area contributed by atoms with E-state index in [0.717, 1.165) is 19.3 Å². The van der Waals surface area contributed by atoms with Crippen molar-refractivity contribution in [1.82, 2.24) is 4.72 Å². The Hall–Kier alpha value is -1.55. The summed E-state index contributed by atoms with van der Waals surface area (Å²) in [5, 5.41) is 8.74. The second-order valence-electron chi connectivity index (χ2n) is 4.43. The van der Waals surface area contributed by atoms with Crippen molar-refractivity contribution in [3.05, 3.63) is 23.8 Å². The van der Waals surface area contributed by atoms with Gasteiger partial charge in [0.05, 0.1) is 17.6 Å². The first kappa shape index (κ1) is 17.5. The zero-order valence-corrected chi connectivity index (χ0v) is 13.2. The maximum absolute atomic E-state index is 12.2. The molecule has 1 aromatic carbocycles. The summed E-state index contributed by atoms with van der Waals surface area (Å²) < 4.78 is 32.0. The van der Waals surface area contributed by atoms with E-state index >= 15 is 0 Å². The summed E-state index contributed by atoms with van der Waals surface area (Å²) in [6, 6.07) is 4.48. The molecule has 2 N–H and O–H groups in total. The number of hydrogen-bond donors (Lipinski definition) is 2. The SMILES string of the molecule is CCCCCNS(=O)(=O)c1ccc(OC)c(C#CCO)c1. The van der Waals surface area contributed by atoms with Crippen LogP contribution in [0.2, 0.25) is 0 Å². The van der Waals surface area contributed by atoms with Crippen LogP contribution in [0.5, 0.6) is 5.75 Å². The van der Waals surface area contributed by atoms with Crippen LogP contribution in [0.3, 0.4) is 0 Å². The molecule has 0 aliphatic carbocycles. The summed E-state index contributed by atoms with van der Waals surface area (Å²) in [7, 11) is -2.07. The molecule has 0 unspecified atom stereocenters. The van der Waals surface area contributed by atoms with Gasteiger partial charge in [-0.2, -0.15) is 0 Å². The third-order valence-corrected chi connectivity index (χ3v) is 4.31. The number of aliphatic hydroxyl groups excluding tert-OH is 1. The van der Waals surface area contributed by atoms with E-state index < -0.39 is 10.0 Å². The Bertz CT molecular complexity index is 614. The lowest BCUT2D eigenvalue weighted by molar-refractivity contribution is 0.350. The maximum atomic E-state index is 12.2. The predicted octanol–water partition coefficient (Wildman–Crippen LogP) is 1.51. The average Bonchev–Trinajstić information content (AvgIpc) is 2.49. The van der Waals surface area contributed by atoms with Gasteiger partial charge in [0.1, 0.15) is 12.4 Å². The van der Waals surface area contributed by atoms with E-state index in [-0.39, 0.29) is 11.5 Å². The van der Waals surface area contributed by atoms with Gasteiger partial charge in [0.2, 0.25) is 10.0 Å². The first-order valence-corrected chi connectivity index (χ1v) is 8.31. The molecule has 1 aromatic rings. The molecule has 0 saturated carbocycles. The summed E-state index contributed by atoms with van der Waals surface area (Å²) in [6.45, 7) is 2.18. The van der Waals surface area contributed by atoms with Gasteiger partial charge in [0.15, 0.2) is 0 Å². The normalized spacial score (nSPS) is 10.8. The van der Waals surface area contributed by atoms with Crippen molar-refractivity contribution in [3.8, 4) is 17.6 Å². The lowest BCUT2D eigenvalue weighted by atomic mass is 10.2. The van der Waals surface area contributed by atoms with E-state index in [1.165, 1.54) is 19.2 Å². The molecule has 0 saturated heterocycles. The summed E-state index contributed by atoms with van der Waals surface area (Å²) in [5.41, 5.74) is 0.433. The monoisotopic (exact) mass is 311 g/mol. The fourth-order valence-electron chi connectivity index (χ4n) is 1.75. The molecule has 0 aliphatic rings. The van der Waals surface area contributed by atoms with E-state index in [1.54, 1.807) is 6.07 Å². The van der Waals surface area contributed by atoms with Gasteiger partial charge in [-0.05, 0) is 24.6 Å². The number of benzene rings is 1. The van der Waals surface area contributed by atoms with Crippen molar-refractivity contribution in [1.29, 1.82) is 0 Å². The summed E-state index contributed by atoms with van der Waals surface area (Å²) in [5.74, 6) is 5.65. The summed E-state index contributed by atoms with van der Waals surface area (Å²) in [6.07, 6.45) is 2.83.